The molecule has 3 rings (SSSR count). The summed E-state index contributed by atoms with van der Waals surface area (Å²) >= 11 is 0. The third-order valence-electron chi connectivity index (χ3n) is 4.56. The van der Waals surface area contributed by atoms with E-state index in [1.165, 1.54) is 61.9 Å². The monoisotopic (exact) mass is 294 g/mol. The molecule has 0 saturated heterocycles. The van der Waals surface area contributed by atoms with Crippen molar-refractivity contribution in [2.45, 2.75) is 38.5 Å². The molecule has 0 fully saturated rings. The van der Waals surface area contributed by atoms with E-state index in [4.69, 9.17) is 5.73 Å². The van der Waals surface area contributed by atoms with Gasteiger partial charge in [0.1, 0.15) is 0 Å². The van der Waals surface area contributed by atoms with Gasteiger partial charge in [0.15, 0.2) is 0 Å². The Hall–Kier alpha value is -1.96. The number of aryl methyl sites for hydroxylation is 2. The summed E-state index contributed by atoms with van der Waals surface area (Å²) in [4.78, 5) is 2.53. The molecule has 2 aromatic carbocycles. The Labute approximate surface area is 134 Å². The molecule has 1 aliphatic rings. The van der Waals surface area contributed by atoms with Crippen LogP contribution >= 0.6 is 0 Å². The molecule has 2 nitrogen and oxygen atoms in total. The van der Waals surface area contributed by atoms with Gasteiger partial charge in [-0.2, -0.15) is 0 Å². The van der Waals surface area contributed by atoms with Gasteiger partial charge in [-0.3, -0.25) is 0 Å². The van der Waals surface area contributed by atoms with Crippen molar-refractivity contribution in [3.05, 3.63) is 59.7 Å². The molecule has 0 spiro atoms. The minimum atomic E-state index is 0.884. The molecule has 22 heavy (non-hydrogen) atoms. The fourth-order valence-corrected chi connectivity index (χ4v) is 3.35. The molecule has 0 atom stereocenters. The van der Waals surface area contributed by atoms with Gasteiger partial charge in [-0.05, 0) is 55.4 Å². The lowest BCUT2D eigenvalue weighted by atomic mass is 10.0. The molecule has 1 heterocycles. The summed E-state index contributed by atoms with van der Waals surface area (Å²) in [6, 6.07) is 17.2. The summed E-state index contributed by atoms with van der Waals surface area (Å²) in [7, 11) is 0. The molecule has 0 amide bonds. The Morgan fingerprint density at radius 1 is 0.955 bits per heavy atom. The van der Waals surface area contributed by atoms with Gasteiger partial charge in [-0.25, -0.2) is 0 Å². The Kier molecular flexibility index (Phi) is 4.99. The van der Waals surface area contributed by atoms with Gasteiger partial charge in [-0.1, -0.05) is 42.8 Å². The molecule has 0 radical (unpaired) electrons. The molecule has 1 aliphatic heterocycles. The van der Waals surface area contributed by atoms with E-state index in [1.807, 2.05) is 6.07 Å². The van der Waals surface area contributed by atoms with Crippen molar-refractivity contribution in [3.8, 4) is 0 Å². The van der Waals surface area contributed by atoms with Crippen LogP contribution in [0.25, 0.3) is 0 Å². The van der Waals surface area contributed by atoms with Crippen LogP contribution in [0.5, 0.6) is 0 Å². The largest absolute Gasteiger partial charge is 0.399 e. The number of fused-ring (bicyclic) bond motifs is 1. The first kappa shape index (κ1) is 15.0. The van der Waals surface area contributed by atoms with E-state index in [2.05, 4.69) is 47.4 Å². The van der Waals surface area contributed by atoms with Crippen molar-refractivity contribution in [2.24, 2.45) is 0 Å². The molecule has 2 heteroatoms. The molecule has 0 aliphatic carbocycles. The molecule has 0 saturated carbocycles. The Balaban J connectivity index is 1.46. The number of nitrogens with zero attached hydrogens (tertiary/aromatic N) is 1. The van der Waals surface area contributed by atoms with Crippen LogP contribution in [-0.2, 0) is 12.8 Å². The average Bonchev–Trinajstić information content (AvgIpc) is 2.56. The Bertz CT molecular complexity index is 592. The van der Waals surface area contributed by atoms with E-state index in [1.54, 1.807) is 0 Å². The number of anilines is 2. The molecule has 116 valence electrons. The predicted octanol–water partition coefficient (Wildman–Crippen LogP) is 4.43. The van der Waals surface area contributed by atoms with E-state index in [-0.39, 0.29) is 0 Å². The topological polar surface area (TPSA) is 29.3 Å². The van der Waals surface area contributed by atoms with E-state index < -0.39 is 0 Å². The molecule has 2 N–H and O–H groups in total. The average molecular weight is 294 g/mol. The number of nitrogen functional groups attached to an aromatic ring is 1. The minimum absolute atomic E-state index is 0.884. The van der Waals surface area contributed by atoms with Gasteiger partial charge in [0.25, 0.3) is 0 Å². The maximum absolute atomic E-state index is 5.96. The third-order valence-corrected chi connectivity index (χ3v) is 4.56. The summed E-state index contributed by atoms with van der Waals surface area (Å²) in [6.45, 7) is 2.33. The van der Waals surface area contributed by atoms with Crippen molar-refractivity contribution >= 4 is 11.4 Å². The number of unbranched alkanes of at least 4 members (excludes halogenated alkanes) is 2. The SMILES string of the molecule is Nc1ccc2c(c1)N(CCCCCc1ccccc1)CCC2. The van der Waals surface area contributed by atoms with Gasteiger partial charge in [0.2, 0.25) is 0 Å². The Morgan fingerprint density at radius 3 is 2.68 bits per heavy atom. The maximum atomic E-state index is 5.96. The van der Waals surface area contributed by atoms with E-state index in [9.17, 15) is 0 Å². The fourth-order valence-electron chi connectivity index (χ4n) is 3.35. The molecule has 0 bridgehead atoms. The highest BCUT2D eigenvalue weighted by Gasteiger charge is 2.16. The number of rotatable bonds is 6. The van der Waals surface area contributed by atoms with Crippen LogP contribution < -0.4 is 10.6 Å². The first-order chi connectivity index (χ1) is 10.8. The number of hydrogen-bond donors (Lipinski definition) is 1. The molecule has 0 unspecified atom stereocenters. The zero-order chi connectivity index (χ0) is 15.2. The number of hydrogen-bond acceptors (Lipinski definition) is 2. The summed E-state index contributed by atoms with van der Waals surface area (Å²) in [5, 5.41) is 0. The molecular formula is C20H26N2. The first-order valence-corrected chi connectivity index (χ1v) is 8.50. The van der Waals surface area contributed by atoms with Crippen molar-refractivity contribution in [3.63, 3.8) is 0 Å². The minimum Gasteiger partial charge on any atom is -0.399 e. The van der Waals surface area contributed by atoms with Gasteiger partial charge in [0, 0.05) is 24.5 Å². The molecule has 0 aromatic heterocycles. The lowest BCUT2D eigenvalue weighted by molar-refractivity contribution is 0.624. The number of nitrogens with two attached hydrogens (primary N) is 1. The quantitative estimate of drug-likeness (QED) is 0.630. The highest BCUT2D eigenvalue weighted by Crippen LogP contribution is 2.29. The molecular weight excluding hydrogens is 268 g/mol. The van der Waals surface area contributed by atoms with E-state index in [0.29, 0.717) is 0 Å². The van der Waals surface area contributed by atoms with Crippen LogP contribution in [0.15, 0.2) is 48.5 Å². The standard InChI is InChI=1S/C20H26N2/c21-19-13-12-18-11-7-15-22(20(18)16-19)14-6-2-5-10-17-8-3-1-4-9-17/h1,3-4,8-9,12-13,16H,2,5-7,10-11,14-15,21H2. The van der Waals surface area contributed by atoms with Crippen LogP contribution in [0.4, 0.5) is 11.4 Å². The highest BCUT2D eigenvalue weighted by atomic mass is 15.1. The predicted molar refractivity (Wildman–Crippen MR) is 95.4 cm³/mol. The van der Waals surface area contributed by atoms with Crippen molar-refractivity contribution < 1.29 is 0 Å². The van der Waals surface area contributed by atoms with Gasteiger partial charge < -0.3 is 10.6 Å². The van der Waals surface area contributed by atoms with Crippen molar-refractivity contribution in [1.29, 1.82) is 0 Å². The molecule has 2 aromatic rings. The third kappa shape index (κ3) is 3.82. The zero-order valence-electron chi connectivity index (χ0n) is 13.3. The second-order valence-electron chi connectivity index (χ2n) is 6.28. The zero-order valence-corrected chi connectivity index (χ0v) is 13.3. The van der Waals surface area contributed by atoms with Crippen LogP contribution in [0, 0.1) is 0 Å². The van der Waals surface area contributed by atoms with Gasteiger partial charge in [0.05, 0.1) is 0 Å². The first-order valence-electron chi connectivity index (χ1n) is 8.50. The maximum Gasteiger partial charge on any atom is 0.0419 e. The number of benzene rings is 2. The van der Waals surface area contributed by atoms with Gasteiger partial charge >= 0.3 is 0 Å². The summed E-state index contributed by atoms with van der Waals surface area (Å²) in [5.74, 6) is 0. The van der Waals surface area contributed by atoms with Gasteiger partial charge in [-0.15, -0.1) is 0 Å². The lowest BCUT2D eigenvalue weighted by Crippen LogP contribution is -2.30. The lowest BCUT2D eigenvalue weighted by Gasteiger charge is -2.31. The summed E-state index contributed by atoms with van der Waals surface area (Å²) in [5.41, 5.74) is 11.1. The van der Waals surface area contributed by atoms with E-state index >= 15 is 0 Å². The van der Waals surface area contributed by atoms with Crippen molar-refractivity contribution in [2.75, 3.05) is 23.7 Å². The normalized spacial score (nSPS) is 13.9. The summed E-state index contributed by atoms with van der Waals surface area (Å²) < 4.78 is 0. The van der Waals surface area contributed by atoms with E-state index in [0.717, 1.165) is 12.2 Å². The Morgan fingerprint density at radius 2 is 1.82 bits per heavy atom. The fraction of sp³-hybridized carbons (Fsp3) is 0.400. The van der Waals surface area contributed by atoms with Crippen LogP contribution in [0.2, 0.25) is 0 Å². The van der Waals surface area contributed by atoms with Crippen LogP contribution in [0.3, 0.4) is 0 Å². The van der Waals surface area contributed by atoms with Crippen molar-refractivity contribution in [1.82, 2.24) is 0 Å². The van der Waals surface area contributed by atoms with Crippen LogP contribution in [0.1, 0.15) is 36.8 Å². The summed E-state index contributed by atoms with van der Waals surface area (Å²) in [6.07, 6.45) is 7.50. The smallest absolute Gasteiger partial charge is 0.0419 e. The van der Waals surface area contributed by atoms with Crippen LogP contribution in [-0.4, -0.2) is 13.1 Å². The second-order valence-corrected chi connectivity index (χ2v) is 6.28. The second kappa shape index (κ2) is 7.35. The highest BCUT2D eigenvalue weighted by molar-refractivity contribution is 5.62.